The highest BCUT2D eigenvalue weighted by atomic mass is 35.5. The van der Waals surface area contributed by atoms with Crippen LogP contribution in [0.5, 0.6) is 5.75 Å². The van der Waals surface area contributed by atoms with Crippen molar-refractivity contribution in [1.29, 1.82) is 0 Å². The molecular weight excluding hydrogens is 382 g/mol. The van der Waals surface area contributed by atoms with E-state index in [2.05, 4.69) is 0 Å². The van der Waals surface area contributed by atoms with Gasteiger partial charge in [0.25, 0.3) is 11.8 Å². The smallest absolute Gasteiger partial charge is 0.272 e. The Morgan fingerprint density at radius 2 is 1.70 bits per heavy atom. The number of anilines is 1. The van der Waals surface area contributed by atoms with E-state index < -0.39 is 0 Å². The summed E-state index contributed by atoms with van der Waals surface area (Å²) >= 11 is 7.38. The quantitative estimate of drug-likeness (QED) is 0.627. The van der Waals surface area contributed by atoms with Gasteiger partial charge in [-0.3, -0.25) is 9.59 Å². The minimum atomic E-state index is -0.349. The van der Waals surface area contributed by atoms with Gasteiger partial charge in [-0.2, -0.15) is 0 Å². The highest BCUT2D eigenvalue weighted by Crippen LogP contribution is 2.42. The van der Waals surface area contributed by atoms with Gasteiger partial charge in [0.05, 0.1) is 22.8 Å². The van der Waals surface area contributed by atoms with Crippen LogP contribution in [0.3, 0.4) is 0 Å². The van der Waals surface area contributed by atoms with Crippen LogP contribution in [-0.4, -0.2) is 23.7 Å². The molecule has 0 spiro atoms. The number of ether oxygens (including phenoxy) is 1. The minimum Gasteiger partial charge on any atom is -0.492 e. The summed E-state index contributed by atoms with van der Waals surface area (Å²) in [6.45, 7) is 6.29. The zero-order valence-corrected chi connectivity index (χ0v) is 16.9. The number of thioether (sulfide) groups is 1. The second kappa shape index (κ2) is 8.19. The Labute approximate surface area is 168 Å². The number of amides is 2. The molecule has 0 saturated carbocycles. The van der Waals surface area contributed by atoms with E-state index in [1.165, 1.54) is 16.7 Å². The number of imide groups is 1. The molecule has 0 atom stereocenters. The maximum atomic E-state index is 13.3. The lowest BCUT2D eigenvalue weighted by Crippen LogP contribution is -2.31. The first-order valence-electron chi connectivity index (χ1n) is 8.71. The maximum absolute atomic E-state index is 13.3. The first-order valence-corrected chi connectivity index (χ1v) is 9.97. The Bertz CT molecular complexity index is 906. The number of hydrogen-bond acceptors (Lipinski definition) is 4. The molecule has 27 heavy (non-hydrogen) atoms. The van der Waals surface area contributed by atoms with Crippen molar-refractivity contribution in [3.8, 4) is 5.75 Å². The molecule has 1 heterocycles. The molecular formula is C21H20ClNO3S. The van der Waals surface area contributed by atoms with Crippen LogP contribution >= 0.6 is 23.4 Å². The summed E-state index contributed by atoms with van der Waals surface area (Å²) in [5, 5.41) is 0.730. The van der Waals surface area contributed by atoms with Crippen LogP contribution in [0.25, 0.3) is 5.57 Å². The number of para-hydroxylation sites is 2. The molecule has 140 valence electrons. The van der Waals surface area contributed by atoms with Crippen LogP contribution in [0.4, 0.5) is 5.69 Å². The van der Waals surface area contributed by atoms with E-state index in [1.54, 1.807) is 42.5 Å². The number of benzene rings is 2. The summed E-state index contributed by atoms with van der Waals surface area (Å²) in [6.07, 6.45) is 0. The van der Waals surface area contributed by atoms with E-state index in [-0.39, 0.29) is 17.1 Å². The van der Waals surface area contributed by atoms with Crippen molar-refractivity contribution in [2.45, 2.75) is 26.0 Å². The van der Waals surface area contributed by atoms with E-state index in [9.17, 15) is 9.59 Å². The number of hydrogen-bond donors (Lipinski definition) is 0. The number of rotatable bonds is 6. The summed E-state index contributed by atoms with van der Waals surface area (Å²) in [6, 6.07) is 14.1. The lowest BCUT2D eigenvalue weighted by atomic mass is 10.1. The standard InChI is InChI=1S/C21H20ClNO3S/c1-4-26-17-8-6-5-7-16(17)23-20(24)18(14-9-11-15(22)12-10-14)19(21(23)25)27-13(2)3/h5-13H,4H2,1-3H3. The Kier molecular flexibility index (Phi) is 5.92. The van der Waals surface area contributed by atoms with Gasteiger partial charge in [-0.15, -0.1) is 11.8 Å². The number of carbonyl (C=O) groups is 2. The third kappa shape index (κ3) is 3.89. The molecule has 4 nitrogen and oxygen atoms in total. The molecule has 0 radical (unpaired) electrons. The van der Waals surface area contributed by atoms with Crippen LogP contribution in [0.1, 0.15) is 26.3 Å². The Hall–Kier alpha value is -2.24. The minimum absolute atomic E-state index is 0.154. The van der Waals surface area contributed by atoms with Gasteiger partial charge in [0.2, 0.25) is 0 Å². The first-order chi connectivity index (χ1) is 12.9. The van der Waals surface area contributed by atoms with Crippen LogP contribution in [0, 0.1) is 0 Å². The van der Waals surface area contributed by atoms with Crippen LogP contribution in [0.2, 0.25) is 5.02 Å². The third-order valence-electron chi connectivity index (χ3n) is 3.93. The van der Waals surface area contributed by atoms with Gasteiger partial charge in [0.15, 0.2) is 0 Å². The molecule has 0 unspecified atom stereocenters. The average Bonchev–Trinajstić information content (AvgIpc) is 2.87. The largest absolute Gasteiger partial charge is 0.492 e. The lowest BCUT2D eigenvalue weighted by Gasteiger charge is -2.19. The molecule has 3 rings (SSSR count). The molecule has 0 fully saturated rings. The highest BCUT2D eigenvalue weighted by Gasteiger charge is 2.41. The van der Waals surface area contributed by atoms with Gasteiger partial charge >= 0.3 is 0 Å². The van der Waals surface area contributed by atoms with Gasteiger partial charge in [-0.25, -0.2) is 4.90 Å². The van der Waals surface area contributed by atoms with E-state index in [1.807, 2.05) is 26.8 Å². The summed E-state index contributed by atoms with van der Waals surface area (Å²) in [4.78, 5) is 28.2. The molecule has 0 aliphatic carbocycles. The lowest BCUT2D eigenvalue weighted by molar-refractivity contribution is -0.119. The van der Waals surface area contributed by atoms with Crippen molar-refractivity contribution in [3.05, 3.63) is 64.0 Å². The van der Waals surface area contributed by atoms with E-state index in [4.69, 9.17) is 16.3 Å². The predicted molar refractivity (Wildman–Crippen MR) is 111 cm³/mol. The number of nitrogens with zero attached hydrogens (tertiary/aromatic N) is 1. The zero-order chi connectivity index (χ0) is 19.6. The molecule has 2 aromatic rings. The SMILES string of the molecule is CCOc1ccccc1N1C(=O)C(SC(C)C)=C(c2ccc(Cl)cc2)C1=O. The van der Waals surface area contributed by atoms with Crippen molar-refractivity contribution < 1.29 is 14.3 Å². The fourth-order valence-electron chi connectivity index (χ4n) is 2.86. The highest BCUT2D eigenvalue weighted by molar-refractivity contribution is 8.04. The van der Waals surface area contributed by atoms with Gasteiger partial charge in [-0.05, 0) is 36.8 Å². The van der Waals surface area contributed by atoms with Crippen LogP contribution < -0.4 is 9.64 Å². The third-order valence-corrected chi connectivity index (χ3v) is 5.27. The summed E-state index contributed by atoms with van der Waals surface area (Å²) in [7, 11) is 0. The molecule has 1 aliphatic rings. The second-order valence-corrected chi connectivity index (χ2v) is 8.25. The Morgan fingerprint density at radius 3 is 2.33 bits per heavy atom. The van der Waals surface area contributed by atoms with Crippen molar-refractivity contribution in [1.82, 2.24) is 0 Å². The van der Waals surface area contributed by atoms with Crippen molar-refractivity contribution in [2.24, 2.45) is 0 Å². The number of carbonyl (C=O) groups excluding carboxylic acids is 2. The average molecular weight is 402 g/mol. The van der Waals surface area contributed by atoms with Gasteiger partial charge < -0.3 is 4.74 Å². The number of halogens is 1. The first kappa shape index (κ1) is 19.5. The fraction of sp³-hybridized carbons (Fsp3) is 0.238. The van der Waals surface area contributed by atoms with E-state index in [0.717, 1.165) is 0 Å². The van der Waals surface area contributed by atoms with Gasteiger partial charge in [0, 0.05) is 10.3 Å². The van der Waals surface area contributed by atoms with Gasteiger partial charge in [-0.1, -0.05) is 49.7 Å². The zero-order valence-electron chi connectivity index (χ0n) is 15.4. The Morgan fingerprint density at radius 1 is 1.04 bits per heavy atom. The van der Waals surface area contributed by atoms with E-state index in [0.29, 0.717) is 39.1 Å². The van der Waals surface area contributed by atoms with Crippen molar-refractivity contribution in [3.63, 3.8) is 0 Å². The second-order valence-electron chi connectivity index (χ2n) is 6.22. The predicted octanol–water partition coefficient (Wildman–Crippen LogP) is 5.16. The van der Waals surface area contributed by atoms with Crippen LogP contribution in [-0.2, 0) is 9.59 Å². The molecule has 0 saturated heterocycles. The van der Waals surface area contributed by atoms with Crippen molar-refractivity contribution >= 4 is 46.4 Å². The fourth-order valence-corrected chi connectivity index (χ4v) is 3.98. The molecule has 6 heteroatoms. The normalized spacial score (nSPS) is 14.5. The molecule has 2 aromatic carbocycles. The Balaban J connectivity index is 2.11. The molecule has 0 aromatic heterocycles. The summed E-state index contributed by atoms with van der Waals surface area (Å²) in [5.74, 6) is -0.165. The van der Waals surface area contributed by atoms with Crippen molar-refractivity contribution in [2.75, 3.05) is 11.5 Å². The maximum Gasteiger partial charge on any atom is 0.272 e. The van der Waals surface area contributed by atoms with Gasteiger partial charge in [0.1, 0.15) is 5.75 Å². The monoisotopic (exact) mass is 401 g/mol. The molecule has 1 aliphatic heterocycles. The molecule has 0 bridgehead atoms. The summed E-state index contributed by atoms with van der Waals surface area (Å²) in [5.41, 5.74) is 1.54. The molecule has 2 amide bonds. The topological polar surface area (TPSA) is 46.6 Å². The molecule has 0 N–H and O–H groups in total. The van der Waals surface area contributed by atoms with Crippen LogP contribution in [0.15, 0.2) is 53.4 Å². The van der Waals surface area contributed by atoms with E-state index >= 15 is 0 Å². The summed E-state index contributed by atoms with van der Waals surface area (Å²) < 4.78 is 5.63.